The molecule has 0 atom stereocenters. The molecule has 1 heterocycles. The van der Waals surface area contributed by atoms with Crippen LogP contribution in [0, 0.1) is 11.3 Å². The zero-order chi connectivity index (χ0) is 13.0. The van der Waals surface area contributed by atoms with E-state index in [1.807, 2.05) is 6.07 Å². The van der Waals surface area contributed by atoms with Gasteiger partial charge in [0.1, 0.15) is 12.0 Å². The molecule has 2 rings (SSSR count). The summed E-state index contributed by atoms with van der Waals surface area (Å²) in [7, 11) is 1.48. The van der Waals surface area contributed by atoms with E-state index >= 15 is 0 Å². The van der Waals surface area contributed by atoms with Crippen LogP contribution < -0.4 is 10.1 Å². The first-order valence-corrected chi connectivity index (χ1v) is 5.16. The van der Waals surface area contributed by atoms with Crippen LogP contribution in [0.25, 0.3) is 0 Å². The first-order chi connectivity index (χ1) is 8.74. The summed E-state index contributed by atoms with van der Waals surface area (Å²) in [5.74, 6) is 0.137. The van der Waals surface area contributed by atoms with Gasteiger partial charge in [0, 0.05) is 6.07 Å². The van der Waals surface area contributed by atoms with Gasteiger partial charge in [0.15, 0.2) is 0 Å². The summed E-state index contributed by atoms with van der Waals surface area (Å²) in [6.45, 7) is 0. The van der Waals surface area contributed by atoms with E-state index in [9.17, 15) is 4.79 Å². The maximum atomic E-state index is 11.8. The highest BCUT2D eigenvalue weighted by Gasteiger charge is 2.11. The maximum absolute atomic E-state index is 11.8. The highest BCUT2D eigenvalue weighted by Crippen LogP contribution is 2.25. The number of hydrogen-bond acceptors (Lipinski definition) is 4. The summed E-state index contributed by atoms with van der Waals surface area (Å²) in [4.78, 5) is 11.8. The van der Waals surface area contributed by atoms with Gasteiger partial charge in [-0.3, -0.25) is 4.79 Å². The van der Waals surface area contributed by atoms with E-state index in [-0.39, 0.29) is 5.91 Å². The largest absolute Gasteiger partial charge is 0.495 e. The van der Waals surface area contributed by atoms with E-state index in [0.717, 1.165) is 0 Å². The lowest BCUT2D eigenvalue weighted by Crippen LogP contribution is -2.11. The van der Waals surface area contributed by atoms with Gasteiger partial charge in [-0.25, -0.2) is 0 Å². The molecule has 0 saturated carbocycles. The van der Waals surface area contributed by atoms with Crippen molar-refractivity contribution in [3.63, 3.8) is 0 Å². The minimum atomic E-state index is -0.299. The number of nitrogens with one attached hydrogen (secondary N) is 1. The number of nitriles is 1. The van der Waals surface area contributed by atoms with Gasteiger partial charge in [-0.15, -0.1) is 0 Å². The molecule has 1 N–H and O–H groups in total. The third-order valence-electron chi connectivity index (χ3n) is 2.36. The predicted octanol–water partition coefficient (Wildman–Crippen LogP) is 2.41. The Morgan fingerprint density at radius 2 is 2.28 bits per heavy atom. The number of carbonyl (C=O) groups is 1. The van der Waals surface area contributed by atoms with Crippen LogP contribution in [0.15, 0.2) is 41.2 Å². The Bertz CT molecular complexity index is 597. The Hall–Kier alpha value is -2.74. The number of methoxy groups -OCH3 is 1. The number of anilines is 1. The Labute approximate surface area is 104 Å². The first-order valence-electron chi connectivity index (χ1n) is 5.16. The van der Waals surface area contributed by atoms with Crippen LogP contribution in [0.3, 0.4) is 0 Å². The third-order valence-corrected chi connectivity index (χ3v) is 2.36. The normalized spacial score (nSPS) is 9.56. The Morgan fingerprint density at radius 3 is 2.89 bits per heavy atom. The van der Waals surface area contributed by atoms with Gasteiger partial charge in [0.25, 0.3) is 5.91 Å². The van der Waals surface area contributed by atoms with E-state index in [1.54, 1.807) is 24.3 Å². The van der Waals surface area contributed by atoms with Crippen molar-refractivity contribution in [2.24, 2.45) is 0 Å². The highest BCUT2D eigenvalue weighted by atomic mass is 16.5. The average Bonchev–Trinajstić information content (AvgIpc) is 2.93. The Balaban J connectivity index is 2.24. The molecule has 0 saturated heterocycles. The summed E-state index contributed by atoms with van der Waals surface area (Å²) in [6, 6.07) is 8.35. The van der Waals surface area contributed by atoms with Gasteiger partial charge in [-0.1, -0.05) is 0 Å². The van der Waals surface area contributed by atoms with E-state index in [4.69, 9.17) is 14.4 Å². The lowest BCUT2D eigenvalue weighted by molar-refractivity contribution is 0.102. The number of carbonyl (C=O) groups excluding carboxylic acids is 1. The van der Waals surface area contributed by atoms with E-state index < -0.39 is 0 Å². The van der Waals surface area contributed by atoms with Gasteiger partial charge in [-0.2, -0.15) is 5.26 Å². The molecule has 0 fully saturated rings. The SMILES string of the molecule is COc1cc(C#N)ccc1NC(=O)c1ccoc1. The Morgan fingerprint density at radius 1 is 1.44 bits per heavy atom. The number of furan rings is 1. The molecule has 1 amide bonds. The van der Waals surface area contributed by atoms with Gasteiger partial charge < -0.3 is 14.5 Å². The van der Waals surface area contributed by atoms with Crippen molar-refractivity contribution < 1.29 is 13.9 Å². The molecule has 0 unspecified atom stereocenters. The van der Waals surface area contributed by atoms with Crippen LogP contribution in [-0.4, -0.2) is 13.0 Å². The summed E-state index contributed by atoms with van der Waals surface area (Å²) in [5, 5.41) is 11.5. The van der Waals surface area contributed by atoms with E-state index in [0.29, 0.717) is 22.6 Å². The monoisotopic (exact) mass is 242 g/mol. The molecule has 2 aromatic rings. The van der Waals surface area contributed by atoms with Gasteiger partial charge in [0.05, 0.1) is 36.3 Å². The van der Waals surface area contributed by atoms with E-state index in [2.05, 4.69) is 5.32 Å². The van der Waals surface area contributed by atoms with Crippen LogP contribution >= 0.6 is 0 Å². The smallest absolute Gasteiger partial charge is 0.259 e. The van der Waals surface area contributed by atoms with Crippen molar-refractivity contribution in [2.75, 3.05) is 12.4 Å². The fourth-order valence-electron chi connectivity index (χ4n) is 1.45. The molecule has 0 aliphatic heterocycles. The quantitative estimate of drug-likeness (QED) is 0.896. The predicted molar refractivity (Wildman–Crippen MR) is 64.4 cm³/mol. The number of rotatable bonds is 3. The van der Waals surface area contributed by atoms with Gasteiger partial charge >= 0.3 is 0 Å². The standard InChI is InChI=1S/C13H10N2O3/c1-17-12-6-9(7-14)2-3-11(12)15-13(16)10-4-5-18-8-10/h2-6,8H,1H3,(H,15,16). The van der Waals surface area contributed by atoms with Gasteiger partial charge in [0.2, 0.25) is 0 Å². The molecule has 0 spiro atoms. The number of amides is 1. The van der Waals surface area contributed by atoms with Crippen molar-refractivity contribution in [1.82, 2.24) is 0 Å². The molecule has 18 heavy (non-hydrogen) atoms. The number of hydrogen-bond donors (Lipinski definition) is 1. The highest BCUT2D eigenvalue weighted by molar-refractivity contribution is 6.04. The first kappa shape index (κ1) is 11.7. The molecule has 5 heteroatoms. The Kier molecular flexibility index (Phi) is 3.30. The molecular weight excluding hydrogens is 232 g/mol. The van der Waals surface area contributed by atoms with Crippen molar-refractivity contribution in [3.05, 3.63) is 47.9 Å². The molecule has 90 valence electrons. The van der Waals surface area contributed by atoms with Crippen molar-refractivity contribution in [2.45, 2.75) is 0 Å². The number of benzene rings is 1. The minimum Gasteiger partial charge on any atom is -0.495 e. The zero-order valence-electron chi connectivity index (χ0n) is 9.64. The maximum Gasteiger partial charge on any atom is 0.259 e. The molecule has 1 aromatic carbocycles. The van der Waals surface area contributed by atoms with Crippen LogP contribution in [0.4, 0.5) is 5.69 Å². The fourth-order valence-corrected chi connectivity index (χ4v) is 1.45. The van der Waals surface area contributed by atoms with Crippen LogP contribution in [0.2, 0.25) is 0 Å². The van der Waals surface area contributed by atoms with Crippen LogP contribution in [0.5, 0.6) is 5.75 Å². The topological polar surface area (TPSA) is 75.3 Å². The van der Waals surface area contributed by atoms with Crippen molar-refractivity contribution in [1.29, 1.82) is 5.26 Å². The molecule has 0 bridgehead atoms. The number of nitrogens with zero attached hydrogens (tertiary/aromatic N) is 1. The second-order valence-electron chi connectivity index (χ2n) is 3.49. The van der Waals surface area contributed by atoms with Crippen LogP contribution in [0.1, 0.15) is 15.9 Å². The minimum absolute atomic E-state index is 0.299. The average molecular weight is 242 g/mol. The molecule has 1 aromatic heterocycles. The molecule has 0 aliphatic carbocycles. The molecule has 0 aliphatic rings. The summed E-state index contributed by atoms with van der Waals surface area (Å²) in [5.41, 5.74) is 1.39. The van der Waals surface area contributed by atoms with E-state index in [1.165, 1.54) is 19.6 Å². The lowest BCUT2D eigenvalue weighted by Gasteiger charge is -2.09. The summed E-state index contributed by atoms with van der Waals surface area (Å²) >= 11 is 0. The number of ether oxygens (including phenoxy) is 1. The van der Waals surface area contributed by atoms with Crippen molar-refractivity contribution in [3.8, 4) is 11.8 Å². The van der Waals surface area contributed by atoms with Crippen LogP contribution in [-0.2, 0) is 0 Å². The van der Waals surface area contributed by atoms with Gasteiger partial charge in [-0.05, 0) is 18.2 Å². The van der Waals surface area contributed by atoms with Crippen molar-refractivity contribution >= 4 is 11.6 Å². The molecule has 5 nitrogen and oxygen atoms in total. The molecular formula is C13H10N2O3. The lowest BCUT2D eigenvalue weighted by atomic mass is 10.2. The molecule has 0 radical (unpaired) electrons. The second kappa shape index (κ2) is 5.06. The zero-order valence-corrected chi connectivity index (χ0v) is 9.64. The second-order valence-corrected chi connectivity index (χ2v) is 3.49. The summed E-state index contributed by atoms with van der Waals surface area (Å²) in [6.07, 6.45) is 2.77. The fraction of sp³-hybridized carbons (Fsp3) is 0.0769. The third kappa shape index (κ3) is 2.33. The summed E-state index contributed by atoms with van der Waals surface area (Å²) < 4.78 is 9.95.